The molecule has 1 unspecified atom stereocenters. The van der Waals surface area contributed by atoms with Gasteiger partial charge in [0.2, 0.25) is 0 Å². The summed E-state index contributed by atoms with van der Waals surface area (Å²) in [5.41, 5.74) is 2.57. The maximum absolute atomic E-state index is 5.45. The number of hydrogen-bond acceptors (Lipinski definition) is 1. The van der Waals surface area contributed by atoms with E-state index in [1.165, 1.54) is 11.1 Å². The highest BCUT2D eigenvalue weighted by molar-refractivity contribution is 5.22. The third-order valence-corrected chi connectivity index (χ3v) is 2.43. The molecule has 1 atom stereocenters. The lowest BCUT2D eigenvalue weighted by Crippen LogP contribution is -2.17. The molecule has 68 valence electrons. The molecular formula is C12H14O. The maximum atomic E-state index is 5.45. The van der Waals surface area contributed by atoms with E-state index in [2.05, 4.69) is 30.8 Å². The van der Waals surface area contributed by atoms with Crippen LogP contribution in [0.2, 0.25) is 0 Å². The van der Waals surface area contributed by atoms with Gasteiger partial charge >= 0.3 is 0 Å². The van der Waals surface area contributed by atoms with Crippen molar-refractivity contribution in [1.29, 1.82) is 0 Å². The maximum Gasteiger partial charge on any atom is 0.0674 e. The first-order valence-corrected chi connectivity index (χ1v) is 4.65. The summed E-state index contributed by atoms with van der Waals surface area (Å²) < 4.78 is 5.45. The lowest BCUT2D eigenvalue weighted by Gasteiger charge is -2.24. The van der Waals surface area contributed by atoms with E-state index in [1.807, 2.05) is 6.07 Å². The molecule has 0 radical (unpaired) electrons. The number of ether oxygens (including phenoxy) is 1. The van der Waals surface area contributed by atoms with Crippen LogP contribution >= 0.6 is 0 Å². The van der Waals surface area contributed by atoms with Crippen molar-refractivity contribution in [2.75, 3.05) is 13.2 Å². The van der Waals surface area contributed by atoms with Crippen molar-refractivity contribution in [1.82, 2.24) is 0 Å². The Kier molecular flexibility index (Phi) is 2.46. The van der Waals surface area contributed by atoms with Crippen molar-refractivity contribution in [3.8, 4) is 0 Å². The number of hydrogen-bond donors (Lipinski definition) is 0. The van der Waals surface area contributed by atoms with Gasteiger partial charge in [0.25, 0.3) is 0 Å². The van der Waals surface area contributed by atoms with Gasteiger partial charge in [-0.25, -0.2) is 0 Å². The van der Waals surface area contributed by atoms with E-state index in [-0.39, 0.29) is 0 Å². The van der Waals surface area contributed by atoms with Crippen molar-refractivity contribution in [3.05, 3.63) is 48.0 Å². The van der Waals surface area contributed by atoms with Gasteiger partial charge in [0.1, 0.15) is 0 Å². The summed E-state index contributed by atoms with van der Waals surface area (Å²) in [6.07, 6.45) is 1.07. The Morgan fingerprint density at radius 1 is 1.23 bits per heavy atom. The molecule has 1 heteroatoms. The van der Waals surface area contributed by atoms with Gasteiger partial charge in [-0.1, -0.05) is 42.5 Å². The molecule has 0 N–H and O–H groups in total. The van der Waals surface area contributed by atoms with Crippen molar-refractivity contribution in [2.45, 2.75) is 12.3 Å². The second-order valence-electron chi connectivity index (χ2n) is 3.58. The van der Waals surface area contributed by atoms with Gasteiger partial charge < -0.3 is 4.74 Å². The van der Waals surface area contributed by atoms with E-state index in [9.17, 15) is 0 Å². The van der Waals surface area contributed by atoms with Gasteiger partial charge in [-0.15, -0.1) is 0 Å². The predicted octanol–water partition coefficient (Wildman–Crippen LogP) is 2.75. The molecular weight excluding hydrogens is 160 g/mol. The molecule has 1 aliphatic heterocycles. The van der Waals surface area contributed by atoms with Gasteiger partial charge in [0.15, 0.2) is 0 Å². The molecule has 1 nitrogen and oxygen atoms in total. The minimum absolute atomic E-state index is 0.516. The summed E-state index contributed by atoms with van der Waals surface area (Å²) in [6.45, 7) is 5.54. The SMILES string of the molecule is C=C1COCC(c2ccccc2)C1. The van der Waals surface area contributed by atoms with Crippen LogP contribution in [-0.2, 0) is 4.74 Å². The van der Waals surface area contributed by atoms with E-state index in [4.69, 9.17) is 4.74 Å². The van der Waals surface area contributed by atoms with Crippen molar-refractivity contribution in [2.24, 2.45) is 0 Å². The Morgan fingerprint density at radius 2 is 2.00 bits per heavy atom. The van der Waals surface area contributed by atoms with Crippen LogP contribution in [-0.4, -0.2) is 13.2 Å². The lowest BCUT2D eigenvalue weighted by atomic mass is 9.92. The first kappa shape index (κ1) is 8.52. The summed E-state index contributed by atoms with van der Waals surface area (Å²) in [5.74, 6) is 0.516. The molecule has 1 saturated heterocycles. The Bertz CT molecular complexity index is 289. The minimum Gasteiger partial charge on any atom is -0.376 e. The molecule has 2 rings (SSSR count). The number of rotatable bonds is 1. The van der Waals surface area contributed by atoms with Crippen LogP contribution in [0.5, 0.6) is 0 Å². The molecule has 0 aliphatic carbocycles. The summed E-state index contributed by atoms with van der Waals surface area (Å²) in [6, 6.07) is 10.5. The van der Waals surface area contributed by atoms with E-state index < -0.39 is 0 Å². The van der Waals surface area contributed by atoms with Crippen molar-refractivity contribution < 1.29 is 4.74 Å². The van der Waals surface area contributed by atoms with Crippen LogP contribution in [0.3, 0.4) is 0 Å². The van der Waals surface area contributed by atoms with E-state index in [0.29, 0.717) is 5.92 Å². The van der Waals surface area contributed by atoms with Gasteiger partial charge in [-0.05, 0) is 12.0 Å². The smallest absolute Gasteiger partial charge is 0.0674 e. The second kappa shape index (κ2) is 3.75. The Hall–Kier alpha value is -1.08. The molecule has 0 aromatic heterocycles. The standard InChI is InChI=1S/C12H14O/c1-10-7-12(9-13-8-10)11-5-3-2-4-6-11/h2-6,12H,1,7-9H2. The lowest BCUT2D eigenvalue weighted by molar-refractivity contribution is 0.114. The topological polar surface area (TPSA) is 9.23 Å². The minimum atomic E-state index is 0.516. The largest absolute Gasteiger partial charge is 0.376 e. The average molecular weight is 174 g/mol. The quantitative estimate of drug-likeness (QED) is 0.595. The Morgan fingerprint density at radius 3 is 2.69 bits per heavy atom. The van der Waals surface area contributed by atoms with E-state index in [0.717, 1.165) is 19.6 Å². The average Bonchev–Trinajstić information content (AvgIpc) is 2.19. The van der Waals surface area contributed by atoms with Gasteiger partial charge in [-0.3, -0.25) is 0 Å². The molecule has 1 aliphatic rings. The normalized spacial score (nSPS) is 23.1. The van der Waals surface area contributed by atoms with Crippen LogP contribution in [0, 0.1) is 0 Å². The molecule has 13 heavy (non-hydrogen) atoms. The first-order chi connectivity index (χ1) is 6.36. The molecule has 1 fully saturated rings. The van der Waals surface area contributed by atoms with Crippen LogP contribution < -0.4 is 0 Å². The third kappa shape index (κ3) is 1.99. The zero-order valence-corrected chi connectivity index (χ0v) is 7.70. The predicted molar refractivity (Wildman–Crippen MR) is 53.8 cm³/mol. The van der Waals surface area contributed by atoms with E-state index >= 15 is 0 Å². The highest BCUT2D eigenvalue weighted by atomic mass is 16.5. The molecule has 0 amide bonds. The molecule has 1 aromatic rings. The molecule has 0 bridgehead atoms. The fourth-order valence-corrected chi connectivity index (χ4v) is 1.75. The Balaban J connectivity index is 2.13. The molecule has 0 spiro atoms. The summed E-state index contributed by atoms with van der Waals surface area (Å²) >= 11 is 0. The van der Waals surface area contributed by atoms with Crippen LogP contribution in [0.25, 0.3) is 0 Å². The molecule has 0 saturated carbocycles. The number of benzene rings is 1. The monoisotopic (exact) mass is 174 g/mol. The van der Waals surface area contributed by atoms with Crippen LogP contribution in [0.15, 0.2) is 42.5 Å². The van der Waals surface area contributed by atoms with Gasteiger partial charge in [0.05, 0.1) is 13.2 Å². The summed E-state index contributed by atoms with van der Waals surface area (Å²) in [5, 5.41) is 0. The van der Waals surface area contributed by atoms with E-state index in [1.54, 1.807) is 0 Å². The summed E-state index contributed by atoms with van der Waals surface area (Å²) in [4.78, 5) is 0. The Labute approximate surface area is 79.0 Å². The van der Waals surface area contributed by atoms with Gasteiger partial charge in [-0.2, -0.15) is 0 Å². The van der Waals surface area contributed by atoms with Crippen LogP contribution in [0.1, 0.15) is 17.9 Å². The van der Waals surface area contributed by atoms with Crippen LogP contribution in [0.4, 0.5) is 0 Å². The van der Waals surface area contributed by atoms with Gasteiger partial charge in [0, 0.05) is 5.92 Å². The zero-order valence-electron chi connectivity index (χ0n) is 7.70. The zero-order chi connectivity index (χ0) is 9.10. The highest BCUT2D eigenvalue weighted by Crippen LogP contribution is 2.26. The molecule has 1 aromatic carbocycles. The fraction of sp³-hybridized carbons (Fsp3) is 0.333. The highest BCUT2D eigenvalue weighted by Gasteiger charge is 2.17. The summed E-state index contributed by atoms with van der Waals surface area (Å²) in [7, 11) is 0. The van der Waals surface area contributed by atoms with Crippen molar-refractivity contribution >= 4 is 0 Å². The molecule has 1 heterocycles. The fourth-order valence-electron chi connectivity index (χ4n) is 1.75. The van der Waals surface area contributed by atoms with Crippen molar-refractivity contribution in [3.63, 3.8) is 0 Å². The first-order valence-electron chi connectivity index (χ1n) is 4.65. The third-order valence-electron chi connectivity index (χ3n) is 2.43. The second-order valence-corrected chi connectivity index (χ2v) is 3.58.